The fourth-order valence-electron chi connectivity index (χ4n) is 2.39. The van der Waals surface area contributed by atoms with Crippen molar-refractivity contribution in [1.82, 2.24) is 0 Å². The normalized spacial score (nSPS) is 10.2. The molecule has 0 aliphatic heterocycles. The van der Waals surface area contributed by atoms with Crippen LogP contribution in [0.3, 0.4) is 0 Å². The van der Waals surface area contributed by atoms with Gasteiger partial charge < -0.3 is 15.2 Å². The number of carboxylic acids is 1. The number of carboxylic acid groups (broad SMARTS) is 1. The summed E-state index contributed by atoms with van der Waals surface area (Å²) in [5.41, 5.74) is 3.51. The van der Waals surface area contributed by atoms with Gasteiger partial charge in [0.2, 0.25) is 0 Å². The average Bonchev–Trinajstić information content (AvgIpc) is 2.44. The lowest BCUT2D eigenvalue weighted by Gasteiger charge is -2.12. The van der Waals surface area contributed by atoms with E-state index in [2.05, 4.69) is 5.32 Å². The summed E-state index contributed by atoms with van der Waals surface area (Å²) in [5, 5.41) is 11.9. The van der Waals surface area contributed by atoms with Crippen LogP contribution in [-0.2, 0) is 4.79 Å². The number of carbonyl (C=O) groups is 2. The second-order valence-corrected chi connectivity index (χ2v) is 5.47. The minimum absolute atomic E-state index is 0.0456. The molecule has 2 aromatic carbocycles. The van der Waals surface area contributed by atoms with E-state index in [4.69, 9.17) is 4.74 Å². The molecule has 0 unspecified atom stereocenters. The van der Waals surface area contributed by atoms with Crippen molar-refractivity contribution >= 4 is 17.6 Å². The number of hydrogen-bond acceptors (Lipinski definition) is 3. The van der Waals surface area contributed by atoms with Gasteiger partial charge in [0.1, 0.15) is 11.3 Å². The van der Waals surface area contributed by atoms with Gasteiger partial charge in [-0.2, -0.15) is 0 Å². The van der Waals surface area contributed by atoms with Crippen molar-refractivity contribution in [2.75, 3.05) is 11.9 Å². The summed E-state index contributed by atoms with van der Waals surface area (Å²) in [4.78, 5) is 23.2. The molecular weight excluding hydrogens is 294 g/mol. The summed E-state index contributed by atoms with van der Waals surface area (Å²) in [6.45, 7) is 5.39. The molecule has 2 N–H and O–H groups in total. The second kappa shape index (κ2) is 6.96. The van der Waals surface area contributed by atoms with Gasteiger partial charge >= 0.3 is 5.97 Å². The average molecular weight is 313 g/mol. The highest BCUT2D eigenvalue weighted by Gasteiger charge is 2.14. The molecule has 0 aromatic heterocycles. The van der Waals surface area contributed by atoms with Gasteiger partial charge in [0.05, 0.1) is 0 Å². The third kappa shape index (κ3) is 4.32. The fourth-order valence-corrected chi connectivity index (χ4v) is 2.39. The first kappa shape index (κ1) is 16.5. The Labute approximate surface area is 134 Å². The maximum Gasteiger partial charge on any atom is 0.339 e. The first-order valence-corrected chi connectivity index (χ1v) is 7.20. The SMILES string of the molecule is Cc1cc(C)cc(NC(=O)COc2c(C)cccc2C(=O)O)c1. The Morgan fingerprint density at radius 2 is 1.74 bits per heavy atom. The number of benzene rings is 2. The molecule has 5 nitrogen and oxygen atoms in total. The molecular formula is C18H19NO4. The smallest absolute Gasteiger partial charge is 0.339 e. The first-order chi connectivity index (χ1) is 10.9. The van der Waals surface area contributed by atoms with Crippen molar-refractivity contribution in [3.8, 4) is 5.75 Å². The highest BCUT2D eigenvalue weighted by Crippen LogP contribution is 2.23. The molecule has 0 saturated heterocycles. The van der Waals surface area contributed by atoms with Gasteiger partial charge in [-0.1, -0.05) is 18.2 Å². The van der Waals surface area contributed by atoms with Crippen molar-refractivity contribution < 1.29 is 19.4 Å². The Hall–Kier alpha value is -2.82. The van der Waals surface area contributed by atoms with Crippen LogP contribution in [0.15, 0.2) is 36.4 Å². The highest BCUT2D eigenvalue weighted by molar-refractivity contribution is 5.93. The largest absolute Gasteiger partial charge is 0.483 e. The van der Waals surface area contributed by atoms with Gasteiger partial charge in [0, 0.05) is 5.69 Å². The van der Waals surface area contributed by atoms with E-state index in [-0.39, 0.29) is 23.8 Å². The van der Waals surface area contributed by atoms with Crippen molar-refractivity contribution in [3.05, 3.63) is 58.7 Å². The van der Waals surface area contributed by atoms with Gasteiger partial charge in [-0.15, -0.1) is 0 Å². The standard InChI is InChI=1S/C18H19NO4/c1-11-7-12(2)9-14(8-11)19-16(20)10-23-17-13(3)5-4-6-15(17)18(21)22/h4-9H,10H2,1-3H3,(H,19,20)(H,21,22). The summed E-state index contributed by atoms with van der Waals surface area (Å²) in [5.74, 6) is -1.21. The van der Waals surface area contributed by atoms with E-state index >= 15 is 0 Å². The summed E-state index contributed by atoms with van der Waals surface area (Å²) < 4.78 is 5.43. The molecule has 0 bridgehead atoms. The number of rotatable bonds is 5. The van der Waals surface area contributed by atoms with E-state index in [0.29, 0.717) is 11.3 Å². The van der Waals surface area contributed by atoms with Crippen molar-refractivity contribution in [1.29, 1.82) is 0 Å². The Bertz CT molecular complexity index is 732. The van der Waals surface area contributed by atoms with Gasteiger partial charge in [0.25, 0.3) is 5.91 Å². The zero-order valence-electron chi connectivity index (χ0n) is 13.3. The quantitative estimate of drug-likeness (QED) is 0.888. The predicted octanol–water partition coefficient (Wildman–Crippen LogP) is 3.33. The van der Waals surface area contributed by atoms with Crippen LogP contribution in [0.2, 0.25) is 0 Å². The molecule has 0 radical (unpaired) electrons. The van der Waals surface area contributed by atoms with Crippen molar-refractivity contribution in [2.24, 2.45) is 0 Å². The molecule has 0 atom stereocenters. The third-order valence-electron chi connectivity index (χ3n) is 3.30. The summed E-state index contributed by atoms with van der Waals surface area (Å²) in [6, 6.07) is 10.6. The molecule has 0 saturated carbocycles. The zero-order chi connectivity index (χ0) is 17.0. The summed E-state index contributed by atoms with van der Waals surface area (Å²) in [7, 11) is 0. The van der Waals surface area contributed by atoms with E-state index in [1.165, 1.54) is 6.07 Å². The molecule has 2 rings (SSSR count). The molecule has 0 spiro atoms. The number of aryl methyl sites for hydroxylation is 3. The molecule has 0 aliphatic carbocycles. The minimum Gasteiger partial charge on any atom is -0.483 e. The zero-order valence-corrected chi connectivity index (χ0v) is 13.3. The van der Waals surface area contributed by atoms with E-state index in [9.17, 15) is 14.7 Å². The Morgan fingerprint density at radius 1 is 1.09 bits per heavy atom. The minimum atomic E-state index is -1.08. The molecule has 120 valence electrons. The Kier molecular flexibility index (Phi) is 5.01. The molecule has 1 amide bonds. The number of anilines is 1. The second-order valence-electron chi connectivity index (χ2n) is 5.47. The monoisotopic (exact) mass is 313 g/mol. The lowest BCUT2D eigenvalue weighted by atomic mass is 10.1. The topological polar surface area (TPSA) is 75.6 Å². The number of para-hydroxylation sites is 1. The molecule has 0 heterocycles. The van der Waals surface area contributed by atoms with Crippen LogP contribution in [-0.4, -0.2) is 23.6 Å². The van der Waals surface area contributed by atoms with Crippen LogP contribution in [0.25, 0.3) is 0 Å². The van der Waals surface area contributed by atoms with E-state index in [0.717, 1.165) is 11.1 Å². The molecule has 5 heteroatoms. The number of amides is 1. The molecule has 0 fully saturated rings. The predicted molar refractivity (Wildman–Crippen MR) is 88.2 cm³/mol. The third-order valence-corrected chi connectivity index (χ3v) is 3.30. The van der Waals surface area contributed by atoms with Crippen LogP contribution in [0.1, 0.15) is 27.0 Å². The molecule has 0 aliphatic rings. The Balaban J connectivity index is 2.06. The van der Waals surface area contributed by atoms with Gasteiger partial charge in [-0.25, -0.2) is 4.79 Å². The summed E-state index contributed by atoms with van der Waals surface area (Å²) >= 11 is 0. The van der Waals surface area contributed by atoms with E-state index < -0.39 is 5.97 Å². The lowest BCUT2D eigenvalue weighted by molar-refractivity contribution is -0.118. The molecule has 2 aromatic rings. The highest BCUT2D eigenvalue weighted by atomic mass is 16.5. The van der Waals surface area contributed by atoms with Crippen molar-refractivity contribution in [2.45, 2.75) is 20.8 Å². The van der Waals surface area contributed by atoms with Gasteiger partial charge in [0.15, 0.2) is 6.61 Å². The van der Waals surface area contributed by atoms with E-state index in [1.54, 1.807) is 19.1 Å². The number of carbonyl (C=O) groups excluding carboxylic acids is 1. The number of nitrogens with one attached hydrogen (secondary N) is 1. The van der Waals surface area contributed by atoms with Crippen LogP contribution in [0, 0.1) is 20.8 Å². The van der Waals surface area contributed by atoms with Crippen LogP contribution >= 0.6 is 0 Å². The van der Waals surface area contributed by atoms with Crippen LogP contribution in [0.5, 0.6) is 5.75 Å². The van der Waals surface area contributed by atoms with Gasteiger partial charge in [-0.3, -0.25) is 4.79 Å². The Morgan fingerprint density at radius 3 is 2.35 bits per heavy atom. The molecule has 23 heavy (non-hydrogen) atoms. The maximum absolute atomic E-state index is 12.0. The van der Waals surface area contributed by atoms with Crippen LogP contribution < -0.4 is 10.1 Å². The number of hydrogen-bond donors (Lipinski definition) is 2. The van der Waals surface area contributed by atoms with Crippen LogP contribution in [0.4, 0.5) is 5.69 Å². The lowest BCUT2D eigenvalue weighted by Crippen LogP contribution is -2.21. The summed E-state index contributed by atoms with van der Waals surface area (Å²) in [6.07, 6.45) is 0. The van der Waals surface area contributed by atoms with Crippen molar-refractivity contribution in [3.63, 3.8) is 0 Å². The fraction of sp³-hybridized carbons (Fsp3) is 0.222. The number of ether oxygens (including phenoxy) is 1. The number of aromatic carboxylic acids is 1. The van der Waals surface area contributed by atoms with E-state index in [1.807, 2.05) is 32.0 Å². The first-order valence-electron chi connectivity index (χ1n) is 7.20. The van der Waals surface area contributed by atoms with Gasteiger partial charge in [-0.05, 0) is 55.7 Å². The maximum atomic E-state index is 12.0.